The Morgan fingerprint density at radius 2 is 2.17 bits per heavy atom. The lowest BCUT2D eigenvalue weighted by atomic mass is 10.0. The topological polar surface area (TPSA) is 72.5 Å². The fourth-order valence-electron chi connectivity index (χ4n) is 3.69. The van der Waals surface area contributed by atoms with Gasteiger partial charge in [-0.3, -0.25) is 9.78 Å². The van der Waals surface area contributed by atoms with Crippen molar-refractivity contribution in [1.82, 2.24) is 19.8 Å². The molecule has 1 N–H and O–H groups in total. The molecule has 0 saturated carbocycles. The number of carbonyl (C=O) groups excluding carboxylic acids is 1. The van der Waals surface area contributed by atoms with Crippen LogP contribution in [0.1, 0.15) is 35.7 Å². The Hall–Kier alpha value is -3.13. The highest BCUT2D eigenvalue weighted by atomic mass is 32.1. The summed E-state index contributed by atoms with van der Waals surface area (Å²) < 4.78 is 12.5. The normalized spacial score (nSPS) is 18.7. The molecule has 4 heterocycles. The lowest BCUT2D eigenvalue weighted by molar-refractivity contribution is -0.140. The molecule has 1 saturated heterocycles. The monoisotopic (exact) mass is 410 g/mol. The zero-order valence-corrected chi connectivity index (χ0v) is 16.8. The van der Waals surface area contributed by atoms with Gasteiger partial charge in [0.1, 0.15) is 5.76 Å². The first kappa shape index (κ1) is 19.2. The molecule has 2 atom stereocenters. The SMILES string of the molecule is COC(=O)CCN1C(=S)N[C@H](c2ccccn2)[C@H]1c1cccn1Cc1ccco1. The highest BCUT2D eigenvalue weighted by Gasteiger charge is 2.41. The van der Waals surface area contributed by atoms with Gasteiger partial charge in [0.05, 0.1) is 44.1 Å². The Balaban J connectivity index is 1.69. The van der Waals surface area contributed by atoms with E-state index in [0.29, 0.717) is 18.2 Å². The van der Waals surface area contributed by atoms with E-state index in [1.807, 2.05) is 47.5 Å². The van der Waals surface area contributed by atoms with Crippen molar-refractivity contribution in [2.75, 3.05) is 13.7 Å². The fraction of sp³-hybridized carbons (Fsp3) is 0.286. The van der Waals surface area contributed by atoms with Crippen molar-refractivity contribution in [2.45, 2.75) is 25.0 Å². The molecule has 7 nitrogen and oxygen atoms in total. The van der Waals surface area contributed by atoms with E-state index < -0.39 is 0 Å². The lowest BCUT2D eigenvalue weighted by Gasteiger charge is -2.28. The van der Waals surface area contributed by atoms with Crippen LogP contribution in [-0.2, 0) is 16.1 Å². The molecule has 8 heteroatoms. The number of furan rings is 1. The highest BCUT2D eigenvalue weighted by Crippen LogP contribution is 2.39. The Kier molecular flexibility index (Phi) is 5.62. The van der Waals surface area contributed by atoms with Gasteiger partial charge >= 0.3 is 5.97 Å². The number of hydrogen-bond acceptors (Lipinski definition) is 5. The maximum atomic E-state index is 11.8. The average molecular weight is 410 g/mol. The highest BCUT2D eigenvalue weighted by molar-refractivity contribution is 7.80. The van der Waals surface area contributed by atoms with Gasteiger partial charge in [0, 0.05) is 24.6 Å². The molecule has 3 aromatic heterocycles. The number of ether oxygens (including phenoxy) is 1. The number of nitrogens with zero attached hydrogens (tertiary/aromatic N) is 3. The summed E-state index contributed by atoms with van der Waals surface area (Å²) in [5.41, 5.74) is 1.96. The van der Waals surface area contributed by atoms with E-state index in [0.717, 1.165) is 17.1 Å². The summed E-state index contributed by atoms with van der Waals surface area (Å²) in [6.07, 6.45) is 5.72. The Morgan fingerprint density at radius 1 is 1.28 bits per heavy atom. The van der Waals surface area contributed by atoms with Crippen molar-refractivity contribution in [3.05, 3.63) is 78.3 Å². The van der Waals surface area contributed by atoms with Crippen molar-refractivity contribution in [2.24, 2.45) is 0 Å². The first-order valence-corrected chi connectivity index (χ1v) is 9.80. The van der Waals surface area contributed by atoms with Crippen molar-refractivity contribution >= 4 is 23.3 Å². The third kappa shape index (κ3) is 4.02. The summed E-state index contributed by atoms with van der Waals surface area (Å²) in [5.74, 6) is 0.602. The van der Waals surface area contributed by atoms with E-state index in [9.17, 15) is 4.79 Å². The molecule has 0 aliphatic carbocycles. The Labute approximate surface area is 174 Å². The third-order valence-corrected chi connectivity index (χ3v) is 5.41. The Morgan fingerprint density at radius 3 is 2.90 bits per heavy atom. The number of methoxy groups -OCH3 is 1. The lowest BCUT2D eigenvalue weighted by Crippen LogP contribution is -2.32. The molecular weight excluding hydrogens is 388 g/mol. The molecule has 29 heavy (non-hydrogen) atoms. The van der Waals surface area contributed by atoms with E-state index in [-0.39, 0.29) is 24.5 Å². The predicted molar refractivity (Wildman–Crippen MR) is 111 cm³/mol. The number of esters is 1. The number of rotatable bonds is 7. The van der Waals surface area contributed by atoms with Gasteiger partial charge in [-0.2, -0.15) is 0 Å². The summed E-state index contributed by atoms with van der Waals surface area (Å²) in [4.78, 5) is 18.3. The van der Waals surface area contributed by atoms with E-state index in [1.165, 1.54) is 7.11 Å². The number of carbonyl (C=O) groups is 1. The summed E-state index contributed by atoms with van der Waals surface area (Å²) in [5, 5.41) is 3.99. The second-order valence-corrected chi connectivity index (χ2v) is 7.17. The van der Waals surface area contributed by atoms with Crippen LogP contribution in [0.15, 0.2) is 65.5 Å². The minimum atomic E-state index is -0.265. The summed E-state index contributed by atoms with van der Waals surface area (Å²) in [6.45, 7) is 1.07. The quantitative estimate of drug-likeness (QED) is 0.474. The van der Waals surface area contributed by atoms with Crippen LogP contribution >= 0.6 is 12.2 Å². The second kappa shape index (κ2) is 8.48. The van der Waals surface area contributed by atoms with Gasteiger partial charge in [0.25, 0.3) is 0 Å². The molecule has 0 spiro atoms. The predicted octanol–water partition coefficient (Wildman–Crippen LogP) is 3.06. The van der Waals surface area contributed by atoms with Gasteiger partial charge in [0.15, 0.2) is 5.11 Å². The van der Waals surface area contributed by atoms with Crippen LogP contribution in [0.25, 0.3) is 0 Å². The first-order chi connectivity index (χ1) is 14.2. The van der Waals surface area contributed by atoms with Crippen molar-refractivity contribution in [3.63, 3.8) is 0 Å². The molecule has 0 amide bonds. The molecule has 1 aliphatic heterocycles. The number of pyridine rings is 1. The zero-order valence-electron chi connectivity index (χ0n) is 16.0. The standard InChI is InChI=1S/C21H22N4O3S/c1-27-18(26)9-12-25-20(19(23-21(25)29)16-7-2-3-10-22-16)17-8-4-11-24(17)14-15-6-5-13-28-15/h2-8,10-11,13,19-20H,9,12,14H2,1H3,(H,23,29)/t19-,20-/m1/s1. The number of hydrogen-bond donors (Lipinski definition) is 1. The van der Waals surface area contributed by atoms with E-state index in [2.05, 4.69) is 20.9 Å². The number of nitrogens with one attached hydrogen (secondary N) is 1. The fourth-order valence-corrected chi connectivity index (χ4v) is 4.02. The van der Waals surface area contributed by atoms with Crippen LogP contribution in [0, 0.1) is 0 Å². The van der Waals surface area contributed by atoms with Crippen LogP contribution < -0.4 is 5.32 Å². The van der Waals surface area contributed by atoms with Crippen LogP contribution in [0.3, 0.4) is 0 Å². The molecular formula is C21H22N4O3S. The molecule has 0 bridgehead atoms. The maximum absolute atomic E-state index is 11.8. The second-order valence-electron chi connectivity index (χ2n) is 6.79. The van der Waals surface area contributed by atoms with Gasteiger partial charge in [-0.1, -0.05) is 6.07 Å². The van der Waals surface area contributed by atoms with Crippen molar-refractivity contribution in [1.29, 1.82) is 0 Å². The average Bonchev–Trinajstić information content (AvgIpc) is 3.48. The largest absolute Gasteiger partial charge is 0.469 e. The van der Waals surface area contributed by atoms with Gasteiger partial charge in [-0.05, 0) is 48.6 Å². The van der Waals surface area contributed by atoms with E-state index in [1.54, 1.807) is 12.5 Å². The summed E-state index contributed by atoms with van der Waals surface area (Å²) >= 11 is 5.62. The van der Waals surface area contributed by atoms with Crippen molar-refractivity contribution in [3.8, 4) is 0 Å². The summed E-state index contributed by atoms with van der Waals surface area (Å²) in [6, 6.07) is 13.5. The minimum absolute atomic E-state index is 0.119. The first-order valence-electron chi connectivity index (χ1n) is 9.39. The molecule has 3 aromatic rings. The molecule has 4 rings (SSSR count). The van der Waals surface area contributed by atoms with E-state index in [4.69, 9.17) is 21.4 Å². The molecule has 0 aromatic carbocycles. The van der Waals surface area contributed by atoms with Gasteiger partial charge in [-0.25, -0.2) is 0 Å². The van der Waals surface area contributed by atoms with Gasteiger partial charge in [0.2, 0.25) is 0 Å². The smallest absolute Gasteiger partial charge is 0.307 e. The summed E-state index contributed by atoms with van der Waals surface area (Å²) in [7, 11) is 1.39. The molecule has 1 aliphatic rings. The number of aromatic nitrogens is 2. The molecule has 1 fully saturated rings. The number of thiocarbonyl (C=S) groups is 1. The van der Waals surface area contributed by atoms with Crippen LogP contribution in [0.4, 0.5) is 0 Å². The minimum Gasteiger partial charge on any atom is -0.469 e. The molecule has 150 valence electrons. The van der Waals surface area contributed by atoms with Crippen LogP contribution in [0.2, 0.25) is 0 Å². The van der Waals surface area contributed by atoms with E-state index >= 15 is 0 Å². The van der Waals surface area contributed by atoms with Crippen LogP contribution in [-0.4, -0.2) is 39.2 Å². The molecule has 0 unspecified atom stereocenters. The van der Waals surface area contributed by atoms with Gasteiger partial charge < -0.3 is 23.9 Å². The molecule has 0 radical (unpaired) electrons. The third-order valence-electron chi connectivity index (χ3n) is 5.06. The van der Waals surface area contributed by atoms with Crippen molar-refractivity contribution < 1.29 is 13.9 Å². The zero-order chi connectivity index (χ0) is 20.2. The maximum Gasteiger partial charge on any atom is 0.307 e. The van der Waals surface area contributed by atoms with Gasteiger partial charge in [-0.15, -0.1) is 0 Å². The van der Waals surface area contributed by atoms with Crippen LogP contribution in [0.5, 0.6) is 0 Å². The Bertz CT molecular complexity index is 971.